The van der Waals surface area contributed by atoms with Gasteiger partial charge in [-0.3, -0.25) is 0 Å². The van der Waals surface area contributed by atoms with Crippen molar-refractivity contribution in [3.63, 3.8) is 0 Å². The summed E-state index contributed by atoms with van der Waals surface area (Å²) < 4.78 is 4.28. The molecule has 3 aromatic carbocycles. The molecule has 0 N–H and O–H groups in total. The van der Waals surface area contributed by atoms with Gasteiger partial charge >= 0.3 is 0 Å². The van der Waals surface area contributed by atoms with Crippen LogP contribution in [0.4, 0.5) is 0 Å². The predicted molar refractivity (Wildman–Crippen MR) is 236 cm³/mol. The first-order valence-electron chi connectivity index (χ1n) is 20.4. The molecule has 6 aliphatic rings. The van der Waals surface area contributed by atoms with Crippen LogP contribution in [-0.4, -0.2) is 10.9 Å². The SMILES string of the molecule is C1=CCC(C2=C3C=CCCC3C(N(C3=CCC(c4cccc5sc6ccccc6c45)C=C3)C3=c4sc5c(c4=CCC3)CCC=C5c3ccccc3)C=C2)C=C1. The molecule has 0 fully saturated rings. The first-order chi connectivity index (χ1) is 27.3. The van der Waals surface area contributed by atoms with Gasteiger partial charge in [0, 0.05) is 54.2 Å². The number of hydrogen-bond donors (Lipinski definition) is 0. The van der Waals surface area contributed by atoms with Crippen LogP contribution in [0.2, 0.25) is 0 Å². The smallest absolute Gasteiger partial charge is 0.0591 e. The monoisotopic (exact) mass is 747 g/mol. The van der Waals surface area contributed by atoms with Gasteiger partial charge in [0.1, 0.15) is 0 Å². The Morgan fingerprint density at radius 2 is 1.53 bits per heavy atom. The molecule has 0 radical (unpaired) electrons. The molecular formula is C52H45NS2. The highest BCUT2D eigenvalue weighted by Gasteiger charge is 2.37. The maximum absolute atomic E-state index is 2.83. The van der Waals surface area contributed by atoms with Gasteiger partial charge in [0.25, 0.3) is 0 Å². The fourth-order valence-electron chi connectivity index (χ4n) is 10.3. The Morgan fingerprint density at radius 1 is 0.636 bits per heavy atom. The lowest BCUT2D eigenvalue weighted by atomic mass is 9.73. The summed E-state index contributed by atoms with van der Waals surface area (Å²) in [5.41, 5.74) is 11.8. The lowest BCUT2D eigenvalue weighted by molar-refractivity contribution is 0.309. The summed E-state index contributed by atoms with van der Waals surface area (Å²) in [5.74, 6) is 1.27. The first-order valence-corrected chi connectivity index (χ1v) is 22.0. The number of fused-ring (bicyclic) bond motifs is 7. The Kier molecular flexibility index (Phi) is 8.47. The van der Waals surface area contributed by atoms with Crippen LogP contribution in [0, 0.1) is 11.8 Å². The third-order valence-corrected chi connectivity index (χ3v) is 15.3. The Bertz CT molecular complexity index is 2730. The van der Waals surface area contributed by atoms with E-state index in [0.29, 0.717) is 17.8 Å². The van der Waals surface area contributed by atoms with Crippen LogP contribution in [0.3, 0.4) is 0 Å². The van der Waals surface area contributed by atoms with Crippen molar-refractivity contribution in [1.29, 1.82) is 0 Å². The number of benzene rings is 3. The van der Waals surface area contributed by atoms with Gasteiger partial charge in [0.15, 0.2) is 0 Å². The molecule has 11 rings (SSSR count). The Labute approximate surface area is 332 Å². The van der Waals surface area contributed by atoms with Gasteiger partial charge in [-0.25, -0.2) is 0 Å². The van der Waals surface area contributed by atoms with Crippen LogP contribution < -0.4 is 9.75 Å². The molecular weight excluding hydrogens is 703 g/mol. The number of nitrogens with zero attached hydrogens (tertiary/aromatic N) is 1. The molecule has 55 heavy (non-hydrogen) atoms. The van der Waals surface area contributed by atoms with Crippen molar-refractivity contribution in [3.8, 4) is 0 Å². The summed E-state index contributed by atoms with van der Waals surface area (Å²) in [6.45, 7) is 0. The maximum atomic E-state index is 2.83. The molecule has 0 saturated heterocycles. The zero-order valence-electron chi connectivity index (χ0n) is 31.2. The van der Waals surface area contributed by atoms with Gasteiger partial charge in [-0.2, -0.15) is 0 Å². The van der Waals surface area contributed by atoms with Gasteiger partial charge in [-0.1, -0.05) is 134 Å². The Balaban J connectivity index is 1.05. The van der Waals surface area contributed by atoms with Crippen molar-refractivity contribution >= 4 is 60.2 Å². The molecule has 3 heteroatoms. The van der Waals surface area contributed by atoms with E-state index in [4.69, 9.17) is 0 Å². The molecule has 270 valence electrons. The third-order valence-electron chi connectivity index (χ3n) is 12.8. The van der Waals surface area contributed by atoms with E-state index < -0.39 is 0 Å². The number of rotatable bonds is 6. The van der Waals surface area contributed by atoms with E-state index in [-0.39, 0.29) is 6.04 Å². The Morgan fingerprint density at radius 3 is 2.42 bits per heavy atom. The molecule has 1 nitrogen and oxygen atoms in total. The van der Waals surface area contributed by atoms with Crippen molar-refractivity contribution < 1.29 is 0 Å². The minimum atomic E-state index is 0.271. The summed E-state index contributed by atoms with van der Waals surface area (Å²) in [6.07, 6.45) is 40.7. The molecule has 0 aliphatic heterocycles. The average molecular weight is 748 g/mol. The highest BCUT2D eigenvalue weighted by Crippen LogP contribution is 2.45. The lowest BCUT2D eigenvalue weighted by Gasteiger charge is -2.44. The molecule has 0 saturated carbocycles. The quantitative estimate of drug-likeness (QED) is 0.167. The number of thiophene rings is 2. The minimum absolute atomic E-state index is 0.271. The van der Waals surface area contributed by atoms with E-state index in [1.54, 1.807) is 11.1 Å². The molecule has 2 aromatic heterocycles. The summed E-state index contributed by atoms with van der Waals surface area (Å²) >= 11 is 3.99. The standard InChI is InChI=1S/C52H45NS2/c1-3-14-34(15-4-1)38-32-33-46(42-19-8-7-18-41(38)42)53(37-30-28-36(29-31-37)39-21-13-27-49-50(39)45-20-9-10-26-48(45)54-49)47-25-12-24-44-43-23-11-22-40(51(43)55-52(44)47)35-16-5-2-6-17-35/h1-7,9-10,13-14,16-18,20-22,24,26-28,30-34,36,42,46H,8,11-12,15,19,23,25,29H2. The summed E-state index contributed by atoms with van der Waals surface area (Å²) in [7, 11) is 0. The second-order valence-corrected chi connectivity index (χ2v) is 18.0. The molecule has 4 atom stereocenters. The second kappa shape index (κ2) is 14.0. The fourth-order valence-corrected chi connectivity index (χ4v) is 12.9. The van der Waals surface area contributed by atoms with E-state index in [1.165, 1.54) is 74.9 Å². The largest absolute Gasteiger partial charge is 0.336 e. The van der Waals surface area contributed by atoms with E-state index in [1.807, 2.05) is 11.3 Å². The topological polar surface area (TPSA) is 3.24 Å². The van der Waals surface area contributed by atoms with Crippen LogP contribution in [-0.2, 0) is 6.42 Å². The second-order valence-electron chi connectivity index (χ2n) is 15.9. The first kappa shape index (κ1) is 33.4. The maximum Gasteiger partial charge on any atom is 0.0591 e. The third kappa shape index (κ3) is 5.69. The zero-order chi connectivity index (χ0) is 36.3. The van der Waals surface area contributed by atoms with E-state index >= 15 is 0 Å². The molecule has 5 aromatic rings. The van der Waals surface area contributed by atoms with Gasteiger partial charge in [-0.15, -0.1) is 22.7 Å². The van der Waals surface area contributed by atoms with Crippen molar-refractivity contribution in [2.45, 2.75) is 63.3 Å². The summed E-state index contributed by atoms with van der Waals surface area (Å²) in [5, 5.41) is 4.35. The highest BCUT2D eigenvalue weighted by atomic mass is 32.1. The molecule has 4 unspecified atom stereocenters. The molecule has 0 amide bonds. The van der Waals surface area contributed by atoms with Crippen molar-refractivity contribution in [2.75, 3.05) is 0 Å². The van der Waals surface area contributed by atoms with Crippen molar-refractivity contribution in [3.05, 3.63) is 194 Å². The molecule has 2 heterocycles. The van der Waals surface area contributed by atoms with E-state index in [9.17, 15) is 0 Å². The van der Waals surface area contributed by atoms with E-state index in [0.717, 1.165) is 44.9 Å². The number of allylic oxidation sites excluding steroid dienone is 12. The molecule has 0 spiro atoms. The minimum Gasteiger partial charge on any atom is -0.336 e. The van der Waals surface area contributed by atoms with Gasteiger partial charge in [-0.05, 0) is 108 Å². The zero-order valence-corrected chi connectivity index (χ0v) is 32.8. The van der Waals surface area contributed by atoms with Gasteiger partial charge in [0.2, 0.25) is 0 Å². The van der Waals surface area contributed by atoms with Crippen LogP contribution in [0.5, 0.6) is 0 Å². The highest BCUT2D eigenvalue weighted by molar-refractivity contribution is 7.25. The van der Waals surface area contributed by atoms with Crippen LogP contribution in [0.1, 0.15) is 72.4 Å². The van der Waals surface area contributed by atoms with Crippen LogP contribution in [0.25, 0.3) is 37.5 Å². The Hall–Kier alpha value is -4.96. The van der Waals surface area contributed by atoms with Crippen molar-refractivity contribution in [2.24, 2.45) is 11.8 Å². The predicted octanol–water partition coefficient (Wildman–Crippen LogP) is 12.4. The fraction of sp³-hybridized carbons (Fsp3) is 0.231. The number of hydrogen-bond acceptors (Lipinski definition) is 3. The van der Waals surface area contributed by atoms with Crippen LogP contribution >= 0.6 is 22.7 Å². The molecule has 0 bridgehead atoms. The van der Waals surface area contributed by atoms with E-state index in [2.05, 4.69) is 168 Å². The average Bonchev–Trinajstić information content (AvgIpc) is 3.84. The van der Waals surface area contributed by atoms with Gasteiger partial charge < -0.3 is 4.90 Å². The summed E-state index contributed by atoms with van der Waals surface area (Å²) in [4.78, 5) is 4.32. The van der Waals surface area contributed by atoms with Gasteiger partial charge in [0.05, 0.1) is 10.6 Å². The van der Waals surface area contributed by atoms with Crippen molar-refractivity contribution in [1.82, 2.24) is 4.90 Å². The lowest BCUT2D eigenvalue weighted by Crippen LogP contribution is -2.44. The summed E-state index contributed by atoms with van der Waals surface area (Å²) in [6, 6.07) is 27.3. The molecule has 6 aliphatic carbocycles. The normalized spacial score (nSPS) is 24.0. The van der Waals surface area contributed by atoms with Crippen LogP contribution in [0.15, 0.2) is 163 Å².